The Balaban J connectivity index is 1.74. The van der Waals surface area contributed by atoms with Crippen molar-refractivity contribution in [1.29, 1.82) is 0 Å². The Hall–Kier alpha value is -1.75. The van der Waals surface area contributed by atoms with E-state index in [1.54, 1.807) is 14.2 Å². The first-order valence-corrected chi connectivity index (χ1v) is 8.84. The molecule has 1 aromatic carbocycles. The molecule has 5 heteroatoms. The van der Waals surface area contributed by atoms with Gasteiger partial charge in [0.2, 0.25) is 5.91 Å². The first-order chi connectivity index (χ1) is 11.6. The molecule has 1 aliphatic heterocycles. The van der Waals surface area contributed by atoms with Crippen molar-refractivity contribution >= 4 is 5.91 Å². The molecule has 1 aliphatic carbocycles. The molecule has 132 valence electrons. The SMILES string of the molecule is COc1ccc(C(C)NC(=O)[C@@]23CCCC[C@H]2CNC3)cc1OC. The number of benzene rings is 1. The zero-order valence-electron chi connectivity index (χ0n) is 14.9. The molecule has 5 nitrogen and oxygen atoms in total. The average molecular weight is 332 g/mol. The van der Waals surface area contributed by atoms with Crippen molar-refractivity contribution in [3.8, 4) is 11.5 Å². The van der Waals surface area contributed by atoms with Gasteiger partial charge in [-0.05, 0) is 49.9 Å². The molecule has 24 heavy (non-hydrogen) atoms. The second-order valence-electron chi connectivity index (χ2n) is 7.04. The average Bonchev–Trinajstić information content (AvgIpc) is 3.06. The van der Waals surface area contributed by atoms with Gasteiger partial charge in [-0.2, -0.15) is 0 Å². The fourth-order valence-electron chi connectivity index (χ4n) is 4.24. The van der Waals surface area contributed by atoms with Gasteiger partial charge in [0.25, 0.3) is 0 Å². The van der Waals surface area contributed by atoms with E-state index in [2.05, 4.69) is 10.6 Å². The van der Waals surface area contributed by atoms with Crippen LogP contribution >= 0.6 is 0 Å². The van der Waals surface area contributed by atoms with Crippen LogP contribution in [0.2, 0.25) is 0 Å². The maximum atomic E-state index is 13.1. The predicted molar refractivity (Wildman–Crippen MR) is 93.4 cm³/mol. The number of hydrogen-bond acceptors (Lipinski definition) is 4. The van der Waals surface area contributed by atoms with Crippen molar-refractivity contribution in [2.75, 3.05) is 27.3 Å². The van der Waals surface area contributed by atoms with E-state index in [0.717, 1.165) is 37.9 Å². The van der Waals surface area contributed by atoms with Crippen molar-refractivity contribution in [2.24, 2.45) is 11.3 Å². The molecule has 0 radical (unpaired) electrons. The fourth-order valence-corrected chi connectivity index (χ4v) is 4.24. The van der Waals surface area contributed by atoms with Crippen LogP contribution in [0.25, 0.3) is 0 Å². The second-order valence-corrected chi connectivity index (χ2v) is 7.04. The van der Waals surface area contributed by atoms with Crippen LogP contribution in [0.4, 0.5) is 0 Å². The van der Waals surface area contributed by atoms with E-state index in [0.29, 0.717) is 17.4 Å². The normalized spacial score (nSPS) is 27.2. The Bertz CT molecular complexity index is 604. The predicted octanol–water partition coefficient (Wildman–Crippen LogP) is 2.66. The Morgan fingerprint density at radius 1 is 1.29 bits per heavy atom. The van der Waals surface area contributed by atoms with Gasteiger partial charge in [-0.1, -0.05) is 18.9 Å². The van der Waals surface area contributed by atoms with Gasteiger partial charge in [-0.3, -0.25) is 4.79 Å². The third-order valence-corrected chi connectivity index (χ3v) is 5.75. The molecule has 1 amide bonds. The summed E-state index contributed by atoms with van der Waals surface area (Å²) < 4.78 is 10.7. The standard InChI is InChI=1S/C19H28N2O3/c1-13(14-7-8-16(23-2)17(10-14)24-3)21-18(22)19-9-5-4-6-15(19)11-20-12-19/h7-8,10,13,15,20H,4-6,9,11-12H2,1-3H3,(H,21,22)/t13?,15-,19+/m0/s1. The summed E-state index contributed by atoms with van der Waals surface area (Å²) in [5.41, 5.74) is 0.805. The first kappa shape index (κ1) is 17.1. The lowest BCUT2D eigenvalue weighted by Crippen LogP contribution is -2.48. The molecule has 1 saturated carbocycles. The summed E-state index contributed by atoms with van der Waals surface area (Å²) in [7, 11) is 3.25. The van der Waals surface area contributed by atoms with Crippen LogP contribution in [0.3, 0.4) is 0 Å². The molecular formula is C19H28N2O3. The molecule has 3 atom stereocenters. The van der Waals surface area contributed by atoms with Crippen LogP contribution in [0.5, 0.6) is 11.5 Å². The topological polar surface area (TPSA) is 59.6 Å². The number of fused-ring (bicyclic) bond motifs is 1. The number of carbonyl (C=O) groups is 1. The zero-order valence-corrected chi connectivity index (χ0v) is 14.9. The van der Waals surface area contributed by atoms with Gasteiger partial charge in [-0.15, -0.1) is 0 Å². The molecule has 1 saturated heterocycles. The van der Waals surface area contributed by atoms with Crippen LogP contribution in [0, 0.1) is 11.3 Å². The molecule has 3 rings (SSSR count). The van der Waals surface area contributed by atoms with Crippen molar-refractivity contribution in [2.45, 2.75) is 38.6 Å². The summed E-state index contributed by atoms with van der Waals surface area (Å²) in [6, 6.07) is 5.74. The van der Waals surface area contributed by atoms with Crippen molar-refractivity contribution < 1.29 is 14.3 Å². The zero-order chi connectivity index (χ0) is 17.2. The van der Waals surface area contributed by atoms with E-state index in [1.807, 2.05) is 25.1 Å². The quantitative estimate of drug-likeness (QED) is 0.870. The van der Waals surface area contributed by atoms with Crippen molar-refractivity contribution in [3.05, 3.63) is 23.8 Å². The maximum absolute atomic E-state index is 13.1. The Labute approximate surface area is 144 Å². The van der Waals surface area contributed by atoms with Gasteiger partial charge in [0.15, 0.2) is 11.5 Å². The van der Waals surface area contributed by atoms with E-state index in [1.165, 1.54) is 6.42 Å². The fraction of sp³-hybridized carbons (Fsp3) is 0.632. The van der Waals surface area contributed by atoms with E-state index < -0.39 is 0 Å². The van der Waals surface area contributed by atoms with E-state index in [4.69, 9.17) is 9.47 Å². The minimum absolute atomic E-state index is 0.0603. The molecule has 1 unspecified atom stereocenters. The van der Waals surface area contributed by atoms with Crippen LogP contribution in [-0.2, 0) is 4.79 Å². The lowest BCUT2D eigenvalue weighted by Gasteiger charge is -2.38. The molecule has 2 N–H and O–H groups in total. The van der Waals surface area contributed by atoms with Crippen LogP contribution in [0.15, 0.2) is 18.2 Å². The van der Waals surface area contributed by atoms with Crippen molar-refractivity contribution in [3.63, 3.8) is 0 Å². The van der Waals surface area contributed by atoms with Crippen LogP contribution < -0.4 is 20.1 Å². The smallest absolute Gasteiger partial charge is 0.228 e. The highest BCUT2D eigenvalue weighted by Crippen LogP contribution is 2.44. The number of ether oxygens (including phenoxy) is 2. The van der Waals surface area contributed by atoms with Crippen LogP contribution in [0.1, 0.15) is 44.2 Å². The number of methoxy groups -OCH3 is 2. The monoisotopic (exact) mass is 332 g/mol. The highest BCUT2D eigenvalue weighted by atomic mass is 16.5. The lowest BCUT2D eigenvalue weighted by atomic mass is 9.67. The molecule has 0 aromatic heterocycles. The number of hydrogen-bond donors (Lipinski definition) is 2. The lowest BCUT2D eigenvalue weighted by molar-refractivity contribution is -0.134. The minimum Gasteiger partial charge on any atom is -0.493 e. The Morgan fingerprint density at radius 3 is 2.83 bits per heavy atom. The Morgan fingerprint density at radius 2 is 2.08 bits per heavy atom. The molecular weight excluding hydrogens is 304 g/mol. The summed E-state index contributed by atoms with van der Waals surface area (Å²) in [5, 5.41) is 6.68. The number of carbonyl (C=O) groups excluding carboxylic acids is 1. The summed E-state index contributed by atoms with van der Waals surface area (Å²) in [5.74, 6) is 2.06. The van der Waals surface area contributed by atoms with E-state index >= 15 is 0 Å². The van der Waals surface area contributed by atoms with Gasteiger partial charge in [0.1, 0.15) is 0 Å². The summed E-state index contributed by atoms with van der Waals surface area (Å²) in [6.07, 6.45) is 4.54. The number of nitrogens with one attached hydrogen (secondary N) is 2. The third kappa shape index (κ3) is 2.97. The molecule has 2 aliphatic rings. The van der Waals surface area contributed by atoms with Crippen molar-refractivity contribution in [1.82, 2.24) is 10.6 Å². The van der Waals surface area contributed by atoms with Gasteiger partial charge in [0.05, 0.1) is 25.7 Å². The maximum Gasteiger partial charge on any atom is 0.228 e. The second kappa shape index (κ2) is 7.01. The van der Waals surface area contributed by atoms with Gasteiger partial charge in [0, 0.05) is 6.54 Å². The summed E-state index contributed by atoms with van der Waals surface area (Å²) in [6.45, 7) is 3.80. The molecule has 1 aromatic rings. The summed E-state index contributed by atoms with van der Waals surface area (Å²) in [4.78, 5) is 13.1. The summed E-state index contributed by atoms with van der Waals surface area (Å²) >= 11 is 0. The highest BCUT2D eigenvalue weighted by Gasteiger charge is 2.49. The molecule has 0 bridgehead atoms. The molecule has 2 fully saturated rings. The first-order valence-electron chi connectivity index (χ1n) is 8.84. The van der Waals surface area contributed by atoms with Gasteiger partial charge in [-0.25, -0.2) is 0 Å². The van der Waals surface area contributed by atoms with E-state index in [9.17, 15) is 4.79 Å². The molecule has 0 spiro atoms. The number of rotatable bonds is 5. The minimum atomic E-state index is -0.219. The largest absolute Gasteiger partial charge is 0.493 e. The highest BCUT2D eigenvalue weighted by molar-refractivity contribution is 5.84. The Kier molecular flexibility index (Phi) is 4.99. The van der Waals surface area contributed by atoms with E-state index in [-0.39, 0.29) is 17.4 Å². The van der Waals surface area contributed by atoms with Gasteiger partial charge >= 0.3 is 0 Å². The third-order valence-electron chi connectivity index (χ3n) is 5.75. The van der Waals surface area contributed by atoms with Crippen LogP contribution in [-0.4, -0.2) is 33.2 Å². The molecule has 1 heterocycles. The number of amides is 1. The van der Waals surface area contributed by atoms with Gasteiger partial charge < -0.3 is 20.1 Å².